The van der Waals surface area contributed by atoms with E-state index in [1.54, 1.807) is 18.2 Å². The molecule has 3 aromatic rings. The van der Waals surface area contributed by atoms with Gasteiger partial charge in [-0.25, -0.2) is 9.18 Å². The number of ether oxygens (including phenoxy) is 1. The highest BCUT2D eigenvalue weighted by molar-refractivity contribution is 7.10. The van der Waals surface area contributed by atoms with Gasteiger partial charge in [-0.15, -0.1) is 5.10 Å². The lowest BCUT2D eigenvalue weighted by Crippen LogP contribution is -2.04. The van der Waals surface area contributed by atoms with Gasteiger partial charge in [0.2, 0.25) is 5.76 Å². The van der Waals surface area contributed by atoms with E-state index in [2.05, 4.69) is 9.59 Å². The molecule has 0 spiro atoms. The maximum absolute atomic E-state index is 13.7. The number of carbonyl (C=O) groups is 1. The average molecular weight is 339 g/mol. The molecule has 8 heteroatoms. The summed E-state index contributed by atoms with van der Waals surface area (Å²) in [5.41, 5.74) is 0.647. The highest BCUT2D eigenvalue weighted by Crippen LogP contribution is 2.25. The van der Waals surface area contributed by atoms with Gasteiger partial charge < -0.3 is 9.15 Å². The van der Waals surface area contributed by atoms with Crippen molar-refractivity contribution in [3.63, 3.8) is 0 Å². The lowest BCUT2D eigenvalue weighted by atomic mass is 10.1. The molecule has 0 amide bonds. The van der Waals surface area contributed by atoms with E-state index in [-0.39, 0.29) is 23.7 Å². The molecule has 0 radical (unpaired) electrons. The molecule has 0 saturated carbocycles. The normalized spacial score (nSPS) is 10.6. The molecule has 5 nitrogen and oxygen atoms in total. The molecule has 3 rings (SSSR count). The third-order valence-corrected chi connectivity index (χ3v) is 3.78. The molecule has 112 valence electrons. The first-order chi connectivity index (χ1) is 10.6. The lowest BCUT2D eigenvalue weighted by molar-refractivity contribution is 0.0432. The van der Waals surface area contributed by atoms with Gasteiger partial charge in [0, 0.05) is 11.5 Å². The Bertz CT molecular complexity index is 818. The van der Waals surface area contributed by atoms with E-state index < -0.39 is 11.8 Å². The predicted octanol–water partition coefficient (Wildman–Crippen LogP) is 3.95. The summed E-state index contributed by atoms with van der Waals surface area (Å²) in [7, 11) is 0. The summed E-state index contributed by atoms with van der Waals surface area (Å²) >= 11 is 6.81. The lowest BCUT2D eigenvalue weighted by Gasteiger charge is -2.01. The van der Waals surface area contributed by atoms with Crippen LogP contribution in [-0.4, -0.2) is 15.6 Å². The van der Waals surface area contributed by atoms with Crippen molar-refractivity contribution >= 4 is 29.1 Å². The van der Waals surface area contributed by atoms with Crippen LogP contribution in [0.3, 0.4) is 0 Å². The summed E-state index contributed by atoms with van der Waals surface area (Å²) in [6.07, 6.45) is 0. The minimum Gasteiger partial charge on any atom is -0.453 e. The average Bonchev–Trinajstić information content (AvgIpc) is 3.14. The molecule has 0 aliphatic heterocycles. The number of nitrogens with zero attached hydrogens (tertiary/aromatic N) is 2. The van der Waals surface area contributed by atoms with Crippen LogP contribution >= 0.6 is 23.1 Å². The van der Waals surface area contributed by atoms with Gasteiger partial charge in [-0.05, 0) is 24.3 Å². The van der Waals surface area contributed by atoms with E-state index in [1.807, 2.05) is 0 Å². The summed E-state index contributed by atoms with van der Waals surface area (Å²) in [4.78, 5) is 11.9. The van der Waals surface area contributed by atoms with Crippen LogP contribution in [0.4, 0.5) is 4.39 Å². The fourth-order valence-corrected chi connectivity index (χ4v) is 2.34. The molecule has 0 bridgehead atoms. The van der Waals surface area contributed by atoms with Crippen molar-refractivity contribution < 1.29 is 18.3 Å². The summed E-state index contributed by atoms with van der Waals surface area (Å²) in [6.45, 7) is -0.107. The van der Waals surface area contributed by atoms with Crippen LogP contribution < -0.4 is 0 Å². The van der Waals surface area contributed by atoms with Gasteiger partial charge in [0.1, 0.15) is 28.2 Å². The van der Waals surface area contributed by atoms with Crippen LogP contribution in [0, 0.1) is 5.82 Å². The van der Waals surface area contributed by atoms with Gasteiger partial charge in [-0.3, -0.25) is 0 Å². The molecular weight excluding hydrogens is 331 g/mol. The molecule has 0 aliphatic carbocycles. The highest BCUT2D eigenvalue weighted by atomic mass is 35.5. The predicted molar refractivity (Wildman–Crippen MR) is 78.1 cm³/mol. The molecule has 0 saturated heterocycles. The molecule has 0 atom stereocenters. The number of rotatable bonds is 4. The Morgan fingerprint density at radius 1 is 1.32 bits per heavy atom. The molecule has 2 heterocycles. The summed E-state index contributed by atoms with van der Waals surface area (Å²) in [5.74, 6) is -0.903. The molecule has 22 heavy (non-hydrogen) atoms. The van der Waals surface area contributed by atoms with E-state index in [4.69, 9.17) is 20.8 Å². The van der Waals surface area contributed by atoms with Crippen molar-refractivity contribution in [3.05, 3.63) is 58.0 Å². The van der Waals surface area contributed by atoms with Crippen LogP contribution in [0.2, 0.25) is 4.34 Å². The molecule has 0 aliphatic rings. The van der Waals surface area contributed by atoms with Crippen LogP contribution in [0.25, 0.3) is 11.3 Å². The zero-order valence-electron chi connectivity index (χ0n) is 11.0. The number of benzene rings is 1. The van der Waals surface area contributed by atoms with Crippen molar-refractivity contribution in [1.29, 1.82) is 0 Å². The number of furan rings is 1. The quantitative estimate of drug-likeness (QED) is 0.674. The van der Waals surface area contributed by atoms with Crippen molar-refractivity contribution in [2.24, 2.45) is 0 Å². The largest absolute Gasteiger partial charge is 0.453 e. The van der Waals surface area contributed by atoms with Crippen LogP contribution in [0.5, 0.6) is 0 Å². The number of aromatic nitrogens is 2. The molecular formula is C14H8ClFN2O3S. The second-order valence-corrected chi connectivity index (χ2v) is 5.57. The Morgan fingerprint density at radius 2 is 2.14 bits per heavy atom. The standard InChI is InChI=1S/C14H8ClFN2O3S/c15-13-10(17-18-22-13)7-20-14(19)12-6-5-11(21-12)8-3-1-2-4-9(8)16/h1-6H,7H2. The highest BCUT2D eigenvalue weighted by Gasteiger charge is 2.17. The monoisotopic (exact) mass is 338 g/mol. The van der Waals surface area contributed by atoms with Crippen molar-refractivity contribution in [2.45, 2.75) is 6.61 Å². The Hall–Kier alpha value is -2.25. The van der Waals surface area contributed by atoms with Gasteiger partial charge in [0.15, 0.2) is 0 Å². The van der Waals surface area contributed by atoms with E-state index in [9.17, 15) is 9.18 Å². The molecule has 2 aromatic heterocycles. The SMILES string of the molecule is O=C(OCc1nnsc1Cl)c1ccc(-c2ccccc2F)o1. The summed E-state index contributed by atoms with van der Waals surface area (Å²) < 4.78 is 28.0. The van der Waals surface area contributed by atoms with E-state index in [1.165, 1.54) is 18.2 Å². The Morgan fingerprint density at radius 3 is 2.86 bits per heavy atom. The van der Waals surface area contributed by atoms with Gasteiger partial charge in [0.25, 0.3) is 0 Å². The second kappa shape index (κ2) is 6.25. The maximum Gasteiger partial charge on any atom is 0.374 e. The third kappa shape index (κ3) is 3.00. The fraction of sp³-hybridized carbons (Fsp3) is 0.0714. The molecule has 0 fully saturated rings. The zero-order valence-corrected chi connectivity index (χ0v) is 12.5. The Kier molecular flexibility index (Phi) is 4.17. The second-order valence-electron chi connectivity index (χ2n) is 4.21. The first-order valence-corrected chi connectivity index (χ1v) is 7.29. The first-order valence-electron chi connectivity index (χ1n) is 6.14. The van der Waals surface area contributed by atoms with Gasteiger partial charge in [-0.1, -0.05) is 28.2 Å². The first kappa shape index (κ1) is 14.7. The van der Waals surface area contributed by atoms with E-state index >= 15 is 0 Å². The fourth-order valence-electron chi connectivity index (χ4n) is 1.74. The van der Waals surface area contributed by atoms with E-state index in [0.29, 0.717) is 10.0 Å². The number of halogens is 2. The number of esters is 1. The summed E-state index contributed by atoms with van der Waals surface area (Å²) in [5, 5.41) is 3.72. The van der Waals surface area contributed by atoms with Crippen LogP contribution in [0.1, 0.15) is 16.2 Å². The van der Waals surface area contributed by atoms with E-state index in [0.717, 1.165) is 11.5 Å². The molecule has 0 N–H and O–H groups in total. The van der Waals surface area contributed by atoms with Crippen LogP contribution in [0.15, 0.2) is 40.8 Å². The third-order valence-electron chi connectivity index (χ3n) is 2.80. The maximum atomic E-state index is 13.7. The van der Waals surface area contributed by atoms with Gasteiger partial charge in [0.05, 0.1) is 5.56 Å². The van der Waals surface area contributed by atoms with Crippen LogP contribution in [-0.2, 0) is 11.3 Å². The molecule has 0 unspecified atom stereocenters. The minimum atomic E-state index is -0.688. The summed E-state index contributed by atoms with van der Waals surface area (Å²) in [6, 6.07) is 9.05. The van der Waals surface area contributed by atoms with Crippen molar-refractivity contribution in [3.8, 4) is 11.3 Å². The Balaban J connectivity index is 1.72. The topological polar surface area (TPSA) is 65.2 Å². The number of hydrogen-bond acceptors (Lipinski definition) is 6. The number of hydrogen-bond donors (Lipinski definition) is 0. The number of carbonyl (C=O) groups excluding carboxylic acids is 1. The van der Waals surface area contributed by atoms with Gasteiger partial charge >= 0.3 is 5.97 Å². The molecule has 1 aromatic carbocycles. The Labute approximate surface area is 133 Å². The van der Waals surface area contributed by atoms with Crippen molar-refractivity contribution in [1.82, 2.24) is 9.59 Å². The van der Waals surface area contributed by atoms with Crippen molar-refractivity contribution in [2.75, 3.05) is 0 Å². The minimum absolute atomic E-state index is 0.0300. The smallest absolute Gasteiger partial charge is 0.374 e. The van der Waals surface area contributed by atoms with Gasteiger partial charge in [-0.2, -0.15) is 0 Å². The zero-order chi connectivity index (χ0) is 15.5.